The number of amides is 1. The molecule has 0 aliphatic carbocycles. The van der Waals surface area contributed by atoms with E-state index in [-0.39, 0.29) is 11.9 Å². The van der Waals surface area contributed by atoms with Gasteiger partial charge in [-0.05, 0) is 50.2 Å². The van der Waals surface area contributed by atoms with Gasteiger partial charge in [0.1, 0.15) is 12.4 Å². The molecule has 0 fully saturated rings. The maximum absolute atomic E-state index is 12.3. The quantitative estimate of drug-likeness (QED) is 0.806. The lowest BCUT2D eigenvalue weighted by atomic mass is 10.1. The van der Waals surface area contributed by atoms with E-state index >= 15 is 0 Å². The maximum Gasteiger partial charge on any atom is 0.241 e. The van der Waals surface area contributed by atoms with Gasteiger partial charge in [-0.3, -0.25) is 9.69 Å². The summed E-state index contributed by atoms with van der Waals surface area (Å²) in [6.45, 7) is 5.24. The molecule has 0 radical (unpaired) electrons. The smallest absolute Gasteiger partial charge is 0.241 e. The minimum atomic E-state index is -0.227. The van der Waals surface area contributed by atoms with Crippen LogP contribution in [0.3, 0.4) is 0 Å². The fourth-order valence-corrected chi connectivity index (χ4v) is 2.29. The molecule has 4 nitrogen and oxygen atoms in total. The predicted octanol–water partition coefficient (Wildman–Crippen LogP) is 3.59. The van der Waals surface area contributed by atoms with Gasteiger partial charge in [0.25, 0.3) is 0 Å². The van der Waals surface area contributed by atoms with E-state index in [0.29, 0.717) is 13.2 Å². The van der Waals surface area contributed by atoms with Crippen molar-refractivity contribution in [1.29, 1.82) is 0 Å². The van der Waals surface area contributed by atoms with Crippen molar-refractivity contribution in [1.82, 2.24) is 4.90 Å². The Morgan fingerprint density at radius 1 is 1.12 bits per heavy atom. The third kappa shape index (κ3) is 5.39. The van der Waals surface area contributed by atoms with Crippen LogP contribution in [0.15, 0.2) is 54.6 Å². The number of anilines is 1. The molecule has 2 aromatic carbocycles. The van der Waals surface area contributed by atoms with Crippen LogP contribution in [0.25, 0.3) is 0 Å². The molecule has 128 valence electrons. The summed E-state index contributed by atoms with van der Waals surface area (Å²) in [5, 5.41) is 2.96. The summed E-state index contributed by atoms with van der Waals surface area (Å²) >= 11 is 0. The zero-order chi connectivity index (χ0) is 17.4. The predicted molar refractivity (Wildman–Crippen MR) is 98.5 cm³/mol. The fraction of sp³-hybridized carbons (Fsp3) is 0.350. The molecule has 1 N–H and O–H groups in total. The van der Waals surface area contributed by atoms with Crippen LogP contribution in [0.4, 0.5) is 5.69 Å². The van der Waals surface area contributed by atoms with Gasteiger partial charge in [-0.25, -0.2) is 0 Å². The van der Waals surface area contributed by atoms with Crippen LogP contribution in [0.2, 0.25) is 0 Å². The molecule has 4 heteroatoms. The van der Waals surface area contributed by atoms with E-state index in [1.54, 1.807) is 0 Å². The molecule has 1 amide bonds. The third-order valence-corrected chi connectivity index (χ3v) is 4.13. The number of ether oxygens (including phenoxy) is 1. The van der Waals surface area contributed by atoms with Gasteiger partial charge in [0.05, 0.1) is 6.04 Å². The van der Waals surface area contributed by atoms with Gasteiger partial charge in [-0.1, -0.05) is 37.3 Å². The largest absolute Gasteiger partial charge is 0.492 e. The Morgan fingerprint density at radius 3 is 2.42 bits per heavy atom. The molecule has 0 heterocycles. The molecule has 0 saturated heterocycles. The lowest BCUT2D eigenvalue weighted by Crippen LogP contribution is -2.41. The summed E-state index contributed by atoms with van der Waals surface area (Å²) in [6.07, 6.45) is 0.995. The number of rotatable bonds is 8. The van der Waals surface area contributed by atoms with E-state index in [0.717, 1.165) is 17.9 Å². The van der Waals surface area contributed by atoms with Crippen LogP contribution in [0, 0.1) is 0 Å². The molecule has 1 atom stereocenters. The van der Waals surface area contributed by atoms with E-state index in [1.807, 2.05) is 73.5 Å². The van der Waals surface area contributed by atoms with Gasteiger partial charge >= 0.3 is 0 Å². The molecule has 2 rings (SSSR count). The molecule has 0 saturated carbocycles. The average Bonchev–Trinajstić information content (AvgIpc) is 2.62. The van der Waals surface area contributed by atoms with Crippen molar-refractivity contribution in [3.05, 3.63) is 60.2 Å². The van der Waals surface area contributed by atoms with E-state index in [4.69, 9.17) is 4.74 Å². The molecule has 2 aromatic rings. The van der Waals surface area contributed by atoms with E-state index in [1.165, 1.54) is 5.56 Å². The first-order valence-corrected chi connectivity index (χ1v) is 8.38. The number of aryl methyl sites for hydroxylation is 1. The molecule has 0 unspecified atom stereocenters. The Balaban J connectivity index is 1.78. The van der Waals surface area contributed by atoms with Crippen LogP contribution < -0.4 is 10.1 Å². The van der Waals surface area contributed by atoms with Crippen molar-refractivity contribution in [3.8, 4) is 5.75 Å². The number of likely N-dealkylation sites (N-methyl/N-ethyl adjacent to an activating group) is 1. The van der Waals surface area contributed by atoms with Crippen molar-refractivity contribution in [3.63, 3.8) is 0 Å². The summed E-state index contributed by atoms with van der Waals surface area (Å²) in [4.78, 5) is 14.3. The highest BCUT2D eigenvalue weighted by molar-refractivity contribution is 5.94. The topological polar surface area (TPSA) is 41.6 Å². The highest BCUT2D eigenvalue weighted by Gasteiger charge is 2.17. The second kappa shape index (κ2) is 9.08. The van der Waals surface area contributed by atoms with E-state index < -0.39 is 0 Å². The monoisotopic (exact) mass is 326 g/mol. The van der Waals surface area contributed by atoms with Crippen LogP contribution in [0.1, 0.15) is 19.4 Å². The summed E-state index contributed by atoms with van der Waals surface area (Å²) in [7, 11) is 1.93. The highest BCUT2D eigenvalue weighted by Crippen LogP contribution is 2.12. The summed E-state index contributed by atoms with van der Waals surface area (Å²) in [5.74, 6) is 0.834. The Morgan fingerprint density at radius 2 is 1.79 bits per heavy atom. The molecule has 0 spiro atoms. The van der Waals surface area contributed by atoms with Gasteiger partial charge in [0.2, 0.25) is 5.91 Å². The number of carbonyl (C=O) groups is 1. The highest BCUT2D eigenvalue weighted by atomic mass is 16.5. The third-order valence-electron chi connectivity index (χ3n) is 4.13. The molecular formula is C20H26N2O2. The lowest BCUT2D eigenvalue weighted by molar-refractivity contribution is -0.120. The Labute approximate surface area is 144 Å². The second-order valence-corrected chi connectivity index (χ2v) is 5.86. The number of para-hydroxylation sites is 1. The van der Waals surface area contributed by atoms with Crippen LogP contribution in [-0.4, -0.2) is 37.0 Å². The standard InChI is InChI=1S/C20H26N2O2/c1-4-17-10-12-18(13-11-17)21-20(23)16(2)22(3)14-15-24-19-8-6-5-7-9-19/h5-13,16H,4,14-15H2,1-3H3,(H,21,23)/t16-/m0/s1. The molecule has 24 heavy (non-hydrogen) atoms. The Bertz CT molecular complexity index is 626. The zero-order valence-corrected chi connectivity index (χ0v) is 14.7. The number of nitrogens with one attached hydrogen (secondary N) is 1. The van der Waals surface area contributed by atoms with Crippen molar-refractivity contribution in [2.45, 2.75) is 26.3 Å². The van der Waals surface area contributed by atoms with Crippen molar-refractivity contribution in [2.24, 2.45) is 0 Å². The van der Waals surface area contributed by atoms with Crippen molar-refractivity contribution >= 4 is 11.6 Å². The summed E-state index contributed by atoms with van der Waals surface area (Å²) in [5.41, 5.74) is 2.09. The van der Waals surface area contributed by atoms with Gasteiger partial charge in [0, 0.05) is 12.2 Å². The number of hydrogen-bond donors (Lipinski definition) is 1. The average molecular weight is 326 g/mol. The van der Waals surface area contributed by atoms with Gasteiger partial charge in [0.15, 0.2) is 0 Å². The molecule has 0 aromatic heterocycles. The molecular weight excluding hydrogens is 300 g/mol. The van der Waals surface area contributed by atoms with E-state index in [9.17, 15) is 4.79 Å². The molecule has 0 aliphatic rings. The van der Waals surface area contributed by atoms with Crippen LogP contribution in [0.5, 0.6) is 5.75 Å². The Kier molecular flexibility index (Phi) is 6.82. The second-order valence-electron chi connectivity index (χ2n) is 5.86. The number of hydrogen-bond acceptors (Lipinski definition) is 3. The Hall–Kier alpha value is -2.33. The minimum Gasteiger partial charge on any atom is -0.492 e. The number of carbonyl (C=O) groups excluding carboxylic acids is 1. The lowest BCUT2D eigenvalue weighted by Gasteiger charge is -2.23. The normalized spacial score (nSPS) is 12.0. The summed E-state index contributed by atoms with van der Waals surface area (Å²) in [6, 6.07) is 17.4. The molecule has 0 aliphatic heterocycles. The van der Waals surface area contributed by atoms with Crippen LogP contribution >= 0.6 is 0 Å². The van der Waals surface area contributed by atoms with Crippen molar-refractivity contribution < 1.29 is 9.53 Å². The number of nitrogens with zero attached hydrogens (tertiary/aromatic N) is 1. The fourth-order valence-electron chi connectivity index (χ4n) is 2.29. The first-order valence-electron chi connectivity index (χ1n) is 8.38. The van der Waals surface area contributed by atoms with Gasteiger partial charge < -0.3 is 10.1 Å². The van der Waals surface area contributed by atoms with Gasteiger partial charge in [-0.15, -0.1) is 0 Å². The van der Waals surface area contributed by atoms with Gasteiger partial charge in [-0.2, -0.15) is 0 Å². The first kappa shape index (κ1) is 18.0. The maximum atomic E-state index is 12.3. The summed E-state index contributed by atoms with van der Waals surface area (Å²) < 4.78 is 5.68. The SMILES string of the molecule is CCc1ccc(NC(=O)[C@H](C)N(C)CCOc2ccccc2)cc1. The van der Waals surface area contributed by atoms with Crippen molar-refractivity contribution in [2.75, 3.05) is 25.5 Å². The first-order chi connectivity index (χ1) is 11.6. The number of benzene rings is 2. The molecule has 0 bridgehead atoms. The van der Waals surface area contributed by atoms with Crippen LogP contribution in [-0.2, 0) is 11.2 Å². The zero-order valence-electron chi connectivity index (χ0n) is 14.7. The minimum absolute atomic E-state index is 0.0125. The van der Waals surface area contributed by atoms with E-state index in [2.05, 4.69) is 12.2 Å².